The number of anilines is 1. The van der Waals surface area contributed by atoms with Crippen LogP contribution in [0.3, 0.4) is 0 Å². The summed E-state index contributed by atoms with van der Waals surface area (Å²) in [6.45, 7) is 5.10. The van der Waals surface area contributed by atoms with Crippen LogP contribution in [0.4, 0.5) is 5.69 Å². The van der Waals surface area contributed by atoms with E-state index in [0.29, 0.717) is 6.04 Å². The molecule has 6 heteroatoms. The van der Waals surface area contributed by atoms with Crippen molar-refractivity contribution in [2.45, 2.75) is 6.04 Å². The third-order valence-corrected chi connectivity index (χ3v) is 5.45. The summed E-state index contributed by atoms with van der Waals surface area (Å²) in [5, 5.41) is 3.32. The molecule has 0 bridgehead atoms. The molecule has 124 valence electrons. The standard InChI is InChI=1S/C17H24BrN5/c1-19-12-15(16-17(18)21(2)13-20-16)23-10-8-22(9-11-23)14-6-4-3-5-7-14/h3-7,13,15,19H,8-12H2,1-2H3. The number of hydrogen-bond donors (Lipinski definition) is 1. The van der Waals surface area contributed by atoms with E-state index in [4.69, 9.17) is 0 Å². The molecular formula is C17H24BrN5. The molecule has 1 atom stereocenters. The summed E-state index contributed by atoms with van der Waals surface area (Å²) in [4.78, 5) is 9.60. The van der Waals surface area contributed by atoms with Crippen LogP contribution < -0.4 is 10.2 Å². The minimum atomic E-state index is 0.300. The number of piperazine rings is 1. The van der Waals surface area contributed by atoms with Crippen LogP contribution >= 0.6 is 15.9 Å². The molecule has 5 nitrogen and oxygen atoms in total. The second-order valence-electron chi connectivity index (χ2n) is 5.96. The second-order valence-corrected chi connectivity index (χ2v) is 6.71. The maximum Gasteiger partial charge on any atom is 0.109 e. The fraction of sp³-hybridized carbons (Fsp3) is 0.471. The highest BCUT2D eigenvalue weighted by Gasteiger charge is 2.28. The smallest absolute Gasteiger partial charge is 0.109 e. The number of aromatic nitrogens is 2. The van der Waals surface area contributed by atoms with Crippen LogP contribution in [-0.2, 0) is 7.05 Å². The first-order valence-electron chi connectivity index (χ1n) is 8.06. The molecule has 1 saturated heterocycles. The van der Waals surface area contributed by atoms with Crippen molar-refractivity contribution in [2.75, 3.05) is 44.7 Å². The lowest BCUT2D eigenvalue weighted by Gasteiger charge is -2.39. The van der Waals surface area contributed by atoms with E-state index in [1.807, 2.05) is 25.0 Å². The Kier molecular flexibility index (Phi) is 5.35. The number of halogens is 1. The minimum absolute atomic E-state index is 0.300. The third-order valence-electron chi connectivity index (χ3n) is 4.48. The van der Waals surface area contributed by atoms with Crippen molar-refractivity contribution in [1.82, 2.24) is 19.8 Å². The number of benzene rings is 1. The first-order chi connectivity index (χ1) is 11.2. The van der Waals surface area contributed by atoms with Gasteiger partial charge in [0, 0.05) is 45.5 Å². The predicted molar refractivity (Wildman–Crippen MR) is 97.8 cm³/mol. The summed E-state index contributed by atoms with van der Waals surface area (Å²) in [6, 6.07) is 11.0. The number of nitrogens with zero attached hydrogens (tertiary/aromatic N) is 4. The zero-order valence-electron chi connectivity index (χ0n) is 13.7. The summed E-state index contributed by atoms with van der Waals surface area (Å²) in [5.41, 5.74) is 2.44. The lowest BCUT2D eigenvalue weighted by atomic mass is 10.1. The Morgan fingerprint density at radius 2 is 1.87 bits per heavy atom. The van der Waals surface area contributed by atoms with E-state index in [1.54, 1.807) is 0 Å². The van der Waals surface area contributed by atoms with Gasteiger partial charge in [0.1, 0.15) is 4.60 Å². The molecule has 1 fully saturated rings. The van der Waals surface area contributed by atoms with Gasteiger partial charge >= 0.3 is 0 Å². The Hall–Kier alpha value is -1.37. The summed E-state index contributed by atoms with van der Waals surface area (Å²) < 4.78 is 3.10. The number of aryl methyl sites for hydroxylation is 1. The zero-order chi connectivity index (χ0) is 16.2. The van der Waals surface area contributed by atoms with Crippen LogP contribution in [0.15, 0.2) is 41.3 Å². The lowest BCUT2D eigenvalue weighted by Crippen LogP contribution is -2.49. The molecule has 0 radical (unpaired) electrons. The van der Waals surface area contributed by atoms with E-state index in [2.05, 4.69) is 66.4 Å². The molecule has 2 heterocycles. The Balaban J connectivity index is 1.70. The monoisotopic (exact) mass is 377 g/mol. The molecular weight excluding hydrogens is 354 g/mol. The van der Waals surface area contributed by atoms with Gasteiger partial charge in [0.25, 0.3) is 0 Å². The number of imidazole rings is 1. The molecule has 1 N–H and O–H groups in total. The number of hydrogen-bond acceptors (Lipinski definition) is 4. The van der Waals surface area contributed by atoms with Crippen LogP contribution in [0.1, 0.15) is 11.7 Å². The maximum atomic E-state index is 4.61. The quantitative estimate of drug-likeness (QED) is 0.866. The number of para-hydroxylation sites is 1. The van der Waals surface area contributed by atoms with Crippen molar-refractivity contribution in [3.63, 3.8) is 0 Å². The molecule has 1 aromatic carbocycles. The summed E-state index contributed by atoms with van der Waals surface area (Å²) in [5.74, 6) is 0. The van der Waals surface area contributed by atoms with Gasteiger partial charge in [0.15, 0.2) is 0 Å². The first kappa shape index (κ1) is 16.5. The topological polar surface area (TPSA) is 36.3 Å². The number of likely N-dealkylation sites (N-methyl/N-ethyl adjacent to an activating group) is 1. The van der Waals surface area contributed by atoms with Gasteiger partial charge in [-0.05, 0) is 35.1 Å². The normalized spacial score (nSPS) is 17.4. The average Bonchev–Trinajstić information content (AvgIpc) is 2.93. The van der Waals surface area contributed by atoms with Gasteiger partial charge in [0.05, 0.1) is 18.1 Å². The van der Waals surface area contributed by atoms with Gasteiger partial charge in [-0.25, -0.2) is 4.98 Å². The average molecular weight is 378 g/mol. The summed E-state index contributed by atoms with van der Waals surface area (Å²) in [7, 11) is 4.02. The molecule has 1 aliphatic heterocycles. The molecule has 2 aromatic rings. The van der Waals surface area contributed by atoms with Crippen molar-refractivity contribution in [2.24, 2.45) is 7.05 Å². The highest BCUT2D eigenvalue weighted by atomic mass is 79.9. The van der Waals surface area contributed by atoms with Crippen molar-refractivity contribution in [3.05, 3.63) is 47.0 Å². The molecule has 1 aromatic heterocycles. The van der Waals surface area contributed by atoms with Gasteiger partial charge in [0.2, 0.25) is 0 Å². The van der Waals surface area contributed by atoms with Gasteiger partial charge in [-0.3, -0.25) is 4.90 Å². The second kappa shape index (κ2) is 7.47. The summed E-state index contributed by atoms with van der Waals surface area (Å²) >= 11 is 3.67. The third kappa shape index (κ3) is 3.59. The predicted octanol–water partition coefficient (Wildman–Crippen LogP) is 2.27. The van der Waals surface area contributed by atoms with E-state index < -0.39 is 0 Å². The fourth-order valence-corrected chi connectivity index (χ4v) is 3.64. The molecule has 1 unspecified atom stereocenters. The molecule has 0 saturated carbocycles. The zero-order valence-corrected chi connectivity index (χ0v) is 15.3. The molecule has 3 rings (SSSR count). The van der Waals surface area contributed by atoms with Crippen LogP contribution in [-0.4, -0.2) is 54.2 Å². The van der Waals surface area contributed by atoms with E-state index >= 15 is 0 Å². The SMILES string of the molecule is CNCC(c1ncn(C)c1Br)N1CCN(c2ccccc2)CC1. The Morgan fingerprint density at radius 1 is 1.17 bits per heavy atom. The van der Waals surface area contributed by atoms with Gasteiger partial charge < -0.3 is 14.8 Å². The van der Waals surface area contributed by atoms with Crippen molar-refractivity contribution in [3.8, 4) is 0 Å². The van der Waals surface area contributed by atoms with Crippen LogP contribution in [0.5, 0.6) is 0 Å². The van der Waals surface area contributed by atoms with E-state index in [-0.39, 0.29) is 0 Å². The maximum absolute atomic E-state index is 4.61. The van der Waals surface area contributed by atoms with Gasteiger partial charge in [-0.15, -0.1) is 0 Å². The molecule has 1 aliphatic rings. The highest BCUT2D eigenvalue weighted by Crippen LogP contribution is 2.27. The Bertz CT molecular complexity index is 619. The van der Waals surface area contributed by atoms with Gasteiger partial charge in [-0.1, -0.05) is 18.2 Å². The minimum Gasteiger partial charge on any atom is -0.369 e. The van der Waals surface area contributed by atoms with Crippen LogP contribution in [0.2, 0.25) is 0 Å². The van der Waals surface area contributed by atoms with Crippen molar-refractivity contribution >= 4 is 21.6 Å². The first-order valence-corrected chi connectivity index (χ1v) is 8.85. The number of rotatable bonds is 5. The Labute approximate surface area is 146 Å². The van der Waals surface area contributed by atoms with E-state index in [0.717, 1.165) is 43.0 Å². The van der Waals surface area contributed by atoms with Crippen molar-refractivity contribution in [1.29, 1.82) is 0 Å². The number of nitrogens with one attached hydrogen (secondary N) is 1. The van der Waals surface area contributed by atoms with Crippen LogP contribution in [0, 0.1) is 0 Å². The molecule has 23 heavy (non-hydrogen) atoms. The van der Waals surface area contributed by atoms with Gasteiger partial charge in [-0.2, -0.15) is 0 Å². The highest BCUT2D eigenvalue weighted by molar-refractivity contribution is 9.10. The molecule has 0 spiro atoms. The van der Waals surface area contributed by atoms with E-state index in [9.17, 15) is 0 Å². The van der Waals surface area contributed by atoms with E-state index in [1.165, 1.54) is 5.69 Å². The largest absolute Gasteiger partial charge is 0.369 e. The molecule has 0 amide bonds. The summed E-state index contributed by atoms with van der Waals surface area (Å²) in [6.07, 6.45) is 1.88. The lowest BCUT2D eigenvalue weighted by molar-refractivity contribution is 0.180. The van der Waals surface area contributed by atoms with Crippen molar-refractivity contribution < 1.29 is 0 Å². The fourth-order valence-electron chi connectivity index (χ4n) is 3.18. The van der Waals surface area contributed by atoms with Crippen LogP contribution in [0.25, 0.3) is 0 Å². The molecule has 0 aliphatic carbocycles. The Morgan fingerprint density at radius 3 is 2.43 bits per heavy atom.